The summed E-state index contributed by atoms with van der Waals surface area (Å²) in [6.45, 7) is 5.64. The fourth-order valence-corrected chi connectivity index (χ4v) is 6.40. The van der Waals surface area contributed by atoms with E-state index in [0.717, 1.165) is 40.7 Å². The predicted molar refractivity (Wildman–Crippen MR) is 151 cm³/mol. The average molecular weight is 580 g/mol. The number of aromatic amines is 1. The Kier molecular flexibility index (Phi) is 8.27. The predicted octanol–water partition coefficient (Wildman–Crippen LogP) is 4.50. The van der Waals surface area contributed by atoms with Gasteiger partial charge in [-0.3, -0.25) is 10.1 Å². The third-order valence-electron chi connectivity index (χ3n) is 7.02. The van der Waals surface area contributed by atoms with E-state index in [2.05, 4.69) is 4.98 Å². The Morgan fingerprint density at radius 2 is 1.44 bits per heavy atom. The Hall–Kier alpha value is -4.55. The van der Waals surface area contributed by atoms with E-state index in [1.807, 2.05) is 19.9 Å². The number of methoxy groups -OCH3 is 2. The maximum Gasteiger partial charge on any atom is 0.335 e. The average Bonchev–Trinajstić information content (AvgIpc) is 3.24. The lowest BCUT2D eigenvalue weighted by molar-refractivity contribution is -0.384. The summed E-state index contributed by atoms with van der Waals surface area (Å²) in [4.78, 5) is 40.1. The number of rotatable bonds is 9. The molecule has 0 saturated heterocycles. The number of nitro groups is 1. The number of fused-ring (bicyclic) bond motifs is 1. The molecule has 0 spiro atoms. The van der Waals surface area contributed by atoms with Crippen LogP contribution in [0.15, 0.2) is 71.6 Å². The molecule has 0 aliphatic carbocycles. The van der Waals surface area contributed by atoms with Crippen LogP contribution in [-0.4, -0.2) is 54.8 Å². The number of nitrogens with one attached hydrogen (secondary N) is 1. The van der Waals surface area contributed by atoms with Crippen molar-refractivity contribution in [1.82, 2.24) is 9.29 Å². The van der Waals surface area contributed by atoms with Gasteiger partial charge in [-0.15, -0.1) is 0 Å². The lowest BCUT2D eigenvalue weighted by Gasteiger charge is -2.35. The molecule has 0 aliphatic rings. The number of aromatic nitrogens is 1. The zero-order valence-corrected chi connectivity index (χ0v) is 23.9. The van der Waals surface area contributed by atoms with Gasteiger partial charge in [0.2, 0.25) is 16.1 Å². The second-order valence-electron chi connectivity index (χ2n) is 9.53. The molecule has 0 amide bonds. The number of benzene rings is 3. The van der Waals surface area contributed by atoms with Crippen molar-refractivity contribution in [3.63, 3.8) is 0 Å². The standard InChI is InChI=1S/C29H29N3O8S/c1-17-6-13-23(14-7-17)41(37,38)31(27(28(33)39-4)29(34)40-5)26(20-8-11-22(12-9-20)32(35)36)21-10-15-24-18(2)19(3)30-25(24)16-21/h6-16,26-27,30H,1-5H3. The Bertz CT molecular complexity index is 1710. The number of esters is 2. The SMILES string of the molecule is COC(=O)C(C(=O)OC)N(C(c1ccc([N+](=O)[O-])cc1)c1ccc2c(C)c(C)[nH]c2c1)S(=O)(=O)c1ccc(C)cc1. The molecule has 41 heavy (non-hydrogen) atoms. The summed E-state index contributed by atoms with van der Waals surface area (Å²) in [6, 6.07) is 13.0. The number of hydrogen-bond donors (Lipinski definition) is 1. The summed E-state index contributed by atoms with van der Waals surface area (Å²) >= 11 is 0. The van der Waals surface area contributed by atoms with Crippen LogP contribution in [0.5, 0.6) is 0 Å². The Morgan fingerprint density at radius 3 is 1.98 bits per heavy atom. The molecule has 11 nitrogen and oxygen atoms in total. The summed E-state index contributed by atoms with van der Waals surface area (Å²) in [7, 11) is -2.55. The van der Waals surface area contributed by atoms with Gasteiger partial charge in [0.15, 0.2) is 0 Å². The molecule has 0 fully saturated rings. The zero-order valence-electron chi connectivity index (χ0n) is 23.1. The van der Waals surface area contributed by atoms with E-state index in [1.165, 1.54) is 36.4 Å². The smallest absolute Gasteiger partial charge is 0.335 e. The van der Waals surface area contributed by atoms with Crippen LogP contribution in [0, 0.1) is 30.9 Å². The van der Waals surface area contributed by atoms with E-state index in [4.69, 9.17) is 9.47 Å². The molecule has 0 saturated carbocycles. The lowest BCUT2D eigenvalue weighted by Crippen LogP contribution is -2.52. The van der Waals surface area contributed by atoms with Crippen LogP contribution in [0.4, 0.5) is 5.69 Å². The minimum Gasteiger partial charge on any atom is -0.467 e. The van der Waals surface area contributed by atoms with Crippen LogP contribution in [0.25, 0.3) is 10.9 Å². The minimum atomic E-state index is -4.62. The molecule has 12 heteroatoms. The Balaban J connectivity index is 2.08. The van der Waals surface area contributed by atoms with E-state index in [9.17, 15) is 28.1 Å². The summed E-state index contributed by atoms with van der Waals surface area (Å²) in [6.07, 6.45) is 0. The Labute approximate surface area is 236 Å². The summed E-state index contributed by atoms with van der Waals surface area (Å²) in [5.41, 5.74) is 3.85. The number of non-ortho nitro benzene ring substituents is 1. The van der Waals surface area contributed by atoms with Crippen LogP contribution in [0.2, 0.25) is 0 Å². The molecule has 214 valence electrons. The van der Waals surface area contributed by atoms with Crippen LogP contribution >= 0.6 is 0 Å². The van der Waals surface area contributed by atoms with Gasteiger partial charge < -0.3 is 14.5 Å². The lowest BCUT2D eigenvalue weighted by atomic mass is 9.96. The summed E-state index contributed by atoms with van der Waals surface area (Å²) in [5.74, 6) is -2.32. The van der Waals surface area contributed by atoms with Gasteiger partial charge in [0, 0.05) is 28.7 Å². The second-order valence-corrected chi connectivity index (χ2v) is 11.4. The van der Waals surface area contributed by atoms with Gasteiger partial charge in [-0.1, -0.05) is 42.0 Å². The zero-order chi connectivity index (χ0) is 30.1. The minimum absolute atomic E-state index is 0.180. The van der Waals surface area contributed by atoms with E-state index in [0.29, 0.717) is 11.1 Å². The molecule has 1 N–H and O–H groups in total. The van der Waals surface area contributed by atoms with Gasteiger partial charge in [0.1, 0.15) is 0 Å². The number of nitrogens with zero attached hydrogens (tertiary/aromatic N) is 2. The monoisotopic (exact) mass is 579 g/mol. The highest BCUT2D eigenvalue weighted by Gasteiger charge is 2.47. The van der Waals surface area contributed by atoms with Crippen LogP contribution < -0.4 is 0 Å². The number of ether oxygens (including phenoxy) is 2. The first kappa shape index (κ1) is 29.4. The van der Waals surface area contributed by atoms with Gasteiger partial charge in [0.05, 0.1) is 30.1 Å². The first-order valence-electron chi connectivity index (χ1n) is 12.5. The van der Waals surface area contributed by atoms with Crippen molar-refractivity contribution in [3.05, 3.63) is 105 Å². The topological polar surface area (TPSA) is 149 Å². The molecular formula is C29H29N3O8S. The van der Waals surface area contributed by atoms with E-state index in [-0.39, 0.29) is 16.1 Å². The molecule has 1 heterocycles. The highest BCUT2D eigenvalue weighted by atomic mass is 32.2. The molecule has 1 atom stereocenters. The van der Waals surface area contributed by atoms with Gasteiger partial charge in [-0.2, -0.15) is 4.31 Å². The number of carbonyl (C=O) groups is 2. The fourth-order valence-electron chi connectivity index (χ4n) is 4.71. The normalized spacial score (nSPS) is 12.5. The molecule has 3 aromatic carbocycles. The maximum absolute atomic E-state index is 14.4. The van der Waals surface area contributed by atoms with E-state index >= 15 is 0 Å². The van der Waals surface area contributed by atoms with Crippen molar-refractivity contribution in [2.45, 2.75) is 37.8 Å². The number of hydrogen-bond acceptors (Lipinski definition) is 8. The summed E-state index contributed by atoms with van der Waals surface area (Å²) in [5, 5.41) is 12.3. The third kappa shape index (κ3) is 5.56. The molecule has 4 rings (SSSR count). The molecule has 4 aromatic rings. The van der Waals surface area contributed by atoms with E-state index < -0.39 is 39.0 Å². The quantitative estimate of drug-likeness (QED) is 0.132. The summed E-state index contributed by atoms with van der Waals surface area (Å²) < 4.78 is 39.3. The van der Waals surface area contributed by atoms with E-state index in [1.54, 1.807) is 31.2 Å². The number of nitro benzene ring substituents is 1. The van der Waals surface area contributed by atoms with Gasteiger partial charge in [-0.25, -0.2) is 18.0 Å². The number of sulfonamides is 1. The Morgan fingerprint density at radius 1 is 0.878 bits per heavy atom. The maximum atomic E-state index is 14.4. The van der Waals surface area contributed by atoms with Crippen molar-refractivity contribution >= 4 is 38.6 Å². The van der Waals surface area contributed by atoms with Crippen LogP contribution in [0.3, 0.4) is 0 Å². The van der Waals surface area contributed by atoms with Crippen molar-refractivity contribution in [1.29, 1.82) is 0 Å². The van der Waals surface area contributed by atoms with Crippen LogP contribution in [0.1, 0.15) is 34.0 Å². The van der Waals surface area contributed by atoms with Gasteiger partial charge >= 0.3 is 11.9 Å². The first-order valence-corrected chi connectivity index (χ1v) is 13.9. The molecule has 0 bridgehead atoms. The number of aryl methyl sites for hydroxylation is 3. The molecule has 0 radical (unpaired) electrons. The third-order valence-corrected chi connectivity index (χ3v) is 8.87. The van der Waals surface area contributed by atoms with Crippen LogP contribution in [-0.2, 0) is 29.1 Å². The molecule has 1 aromatic heterocycles. The van der Waals surface area contributed by atoms with Crippen molar-refractivity contribution in [2.24, 2.45) is 0 Å². The first-order chi connectivity index (χ1) is 19.4. The van der Waals surface area contributed by atoms with Crippen molar-refractivity contribution in [2.75, 3.05) is 14.2 Å². The van der Waals surface area contributed by atoms with Gasteiger partial charge in [0.25, 0.3) is 5.69 Å². The number of H-pyrrole nitrogens is 1. The van der Waals surface area contributed by atoms with Gasteiger partial charge in [-0.05, 0) is 55.7 Å². The largest absolute Gasteiger partial charge is 0.467 e. The molecule has 0 aliphatic heterocycles. The van der Waals surface area contributed by atoms with Crippen molar-refractivity contribution < 1.29 is 32.4 Å². The molecule has 1 unspecified atom stereocenters. The fraction of sp³-hybridized carbons (Fsp3) is 0.241. The van der Waals surface area contributed by atoms with Crippen molar-refractivity contribution in [3.8, 4) is 0 Å². The highest BCUT2D eigenvalue weighted by molar-refractivity contribution is 7.89. The highest BCUT2D eigenvalue weighted by Crippen LogP contribution is 2.38. The number of carbonyl (C=O) groups excluding carboxylic acids is 2. The second kappa shape index (κ2) is 11.5. The molecular weight excluding hydrogens is 550 g/mol.